The molecule has 2 saturated carbocycles. The summed E-state index contributed by atoms with van der Waals surface area (Å²) in [5, 5.41) is 0. The third-order valence-corrected chi connectivity index (χ3v) is 6.15. The number of hydrogen-bond acceptors (Lipinski definition) is 6. The lowest BCUT2D eigenvalue weighted by Crippen LogP contribution is -2.47. The quantitative estimate of drug-likeness (QED) is 0.434. The maximum Gasteiger partial charge on any atom is 0.310 e. The molecule has 0 radical (unpaired) electrons. The van der Waals surface area contributed by atoms with E-state index in [-0.39, 0.29) is 30.2 Å². The van der Waals surface area contributed by atoms with Crippen LogP contribution in [0.1, 0.15) is 16.8 Å². The number of carbonyl (C=O) groups excluding carboxylic acids is 3. The summed E-state index contributed by atoms with van der Waals surface area (Å²) in [6, 6.07) is 6.62. The Morgan fingerprint density at radius 3 is 2.07 bits per heavy atom. The average Bonchev–Trinajstić information content (AvgIpc) is 3.53. The smallest absolute Gasteiger partial charge is 0.310 e. The van der Waals surface area contributed by atoms with Crippen LogP contribution < -0.4 is 4.74 Å². The molecular formula is C21H22O6. The molecule has 0 unspecified atom stereocenters. The first-order chi connectivity index (χ1) is 13.0. The van der Waals surface area contributed by atoms with Crippen molar-refractivity contribution in [3.63, 3.8) is 0 Å². The summed E-state index contributed by atoms with van der Waals surface area (Å²) < 4.78 is 15.4. The number of methoxy groups -OCH3 is 2. The number of hydrogen-bond donors (Lipinski definition) is 0. The number of fused-ring (bicyclic) bond motifs is 1. The van der Waals surface area contributed by atoms with Gasteiger partial charge in [-0.2, -0.15) is 0 Å². The molecule has 1 aromatic carbocycles. The van der Waals surface area contributed by atoms with Gasteiger partial charge < -0.3 is 14.2 Å². The molecule has 0 amide bonds. The number of rotatable bonds is 6. The van der Waals surface area contributed by atoms with Gasteiger partial charge in [0.05, 0.1) is 26.1 Å². The third kappa shape index (κ3) is 3.03. The van der Waals surface area contributed by atoms with E-state index in [1.807, 2.05) is 12.2 Å². The van der Waals surface area contributed by atoms with Crippen molar-refractivity contribution >= 4 is 17.7 Å². The molecule has 5 rings (SSSR count). The molecule has 0 saturated heterocycles. The number of allylic oxidation sites excluding steroid dienone is 2. The Morgan fingerprint density at radius 2 is 1.52 bits per heavy atom. The van der Waals surface area contributed by atoms with Gasteiger partial charge in [0.1, 0.15) is 5.75 Å². The Morgan fingerprint density at radius 1 is 0.926 bits per heavy atom. The second-order valence-electron chi connectivity index (χ2n) is 7.44. The molecule has 6 heteroatoms. The summed E-state index contributed by atoms with van der Waals surface area (Å²) in [4.78, 5) is 37.4. The van der Waals surface area contributed by atoms with Crippen molar-refractivity contribution < 1.29 is 28.6 Å². The molecule has 0 aromatic heterocycles. The summed E-state index contributed by atoms with van der Waals surface area (Å²) in [6.07, 6.45) is 5.12. The normalized spacial score (nSPS) is 32.4. The molecule has 2 bridgehead atoms. The van der Waals surface area contributed by atoms with E-state index in [2.05, 4.69) is 0 Å². The van der Waals surface area contributed by atoms with Crippen LogP contribution in [0.3, 0.4) is 0 Å². The van der Waals surface area contributed by atoms with Crippen molar-refractivity contribution in [1.82, 2.24) is 0 Å². The summed E-state index contributed by atoms with van der Waals surface area (Å²) in [5.41, 5.74) is 0.445. The predicted octanol–water partition coefficient (Wildman–Crippen LogP) is 2.28. The van der Waals surface area contributed by atoms with E-state index >= 15 is 0 Å². The van der Waals surface area contributed by atoms with Gasteiger partial charge in [0, 0.05) is 5.56 Å². The van der Waals surface area contributed by atoms with Crippen LogP contribution in [0.15, 0.2) is 36.4 Å². The molecule has 6 nitrogen and oxygen atoms in total. The summed E-state index contributed by atoms with van der Waals surface area (Å²) in [6.45, 7) is -0.343. The van der Waals surface area contributed by atoms with E-state index in [0.29, 0.717) is 23.1 Å². The summed E-state index contributed by atoms with van der Waals surface area (Å²) in [7, 11) is 2.89. The van der Waals surface area contributed by atoms with Crippen molar-refractivity contribution in [3.05, 3.63) is 42.0 Å². The van der Waals surface area contributed by atoms with Gasteiger partial charge in [-0.25, -0.2) is 0 Å². The molecule has 0 heterocycles. The fourth-order valence-corrected chi connectivity index (χ4v) is 4.75. The minimum atomic E-state index is -0.570. The monoisotopic (exact) mass is 370 g/mol. The molecule has 0 N–H and O–H groups in total. The first kappa shape index (κ1) is 17.8. The maximum absolute atomic E-state index is 12.8. The van der Waals surface area contributed by atoms with Crippen LogP contribution in [0, 0.1) is 35.5 Å². The Bertz CT molecular complexity index is 795. The molecule has 1 aromatic rings. The Labute approximate surface area is 157 Å². The number of esters is 2. The second kappa shape index (κ2) is 6.83. The van der Waals surface area contributed by atoms with Gasteiger partial charge in [0.2, 0.25) is 0 Å². The molecule has 142 valence electrons. The SMILES string of the molecule is COC(=O)[C@H]1[C@@H]2C=C[C@H]([C@H]3C[C@H]23)[C@H]1C(=O)OCC(=O)c1ccc(OC)cc1. The molecule has 27 heavy (non-hydrogen) atoms. The second-order valence-corrected chi connectivity index (χ2v) is 7.44. The Hall–Kier alpha value is -2.63. The van der Waals surface area contributed by atoms with Gasteiger partial charge in [0.25, 0.3) is 0 Å². The van der Waals surface area contributed by atoms with Crippen molar-refractivity contribution in [2.45, 2.75) is 6.42 Å². The van der Waals surface area contributed by atoms with Gasteiger partial charge in [-0.05, 0) is 54.4 Å². The van der Waals surface area contributed by atoms with Crippen LogP contribution in [-0.4, -0.2) is 38.5 Å². The zero-order valence-corrected chi connectivity index (χ0v) is 15.3. The van der Waals surface area contributed by atoms with E-state index in [4.69, 9.17) is 14.2 Å². The van der Waals surface area contributed by atoms with Crippen LogP contribution in [0.2, 0.25) is 0 Å². The molecule has 2 fully saturated rings. The van der Waals surface area contributed by atoms with Gasteiger partial charge in [-0.1, -0.05) is 12.2 Å². The predicted molar refractivity (Wildman–Crippen MR) is 95.0 cm³/mol. The molecule has 4 aliphatic carbocycles. The maximum atomic E-state index is 12.8. The lowest BCUT2D eigenvalue weighted by molar-refractivity contribution is -0.165. The highest BCUT2D eigenvalue weighted by Crippen LogP contribution is 2.63. The first-order valence-corrected chi connectivity index (χ1v) is 9.15. The van der Waals surface area contributed by atoms with Crippen molar-refractivity contribution in [2.24, 2.45) is 35.5 Å². The topological polar surface area (TPSA) is 78.9 Å². The Balaban J connectivity index is 1.44. The van der Waals surface area contributed by atoms with Crippen LogP contribution in [0.5, 0.6) is 5.75 Å². The average molecular weight is 370 g/mol. The zero-order chi connectivity index (χ0) is 19.1. The molecule has 0 spiro atoms. The molecule has 4 aliphatic rings. The standard InChI is InChI=1S/C21H22O6/c1-25-12-5-3-11(4-6-12)17(22)10-27-21(24)19-14-8-7-13(15-9-16(14)15)18(19)20(23)26-2/h3-8,13-16,18-19H,9-10H2,1-2H3/t13-,14-,15-,16-,18+,19-/m1/s1. The number of Topliss-reactive ketones (excluding diaryl/α,β-unsaturated/α-hetero) is 1. The lowest BCUT2D eigenvalue weighted by Gasteiger charge is -2.41. The van der Waals surface area contributed by atoms with E-state index < -0.39 is 17.8 Å². The van der Waals surface area contributed by atoms with Crippen LogP contribution >= 0.6 is 0 Å². The van der Waals surface area contributed by atoms with Gasteiger partial charge >= 0.3 is 11.9 Å². The zero-order valence-electron chi connectivity index (χ0n) is 15.3. The number of benzene rings is 1. The van der Waals surface area contributed by atoms with Crippen molar-refractivity contribution in [1.29, 1.82) is 0 Å². The van der Waals surface area contributed by atoms with Crippen molar-refractivity contribution in [3.8, 4) is 5.75 Å². The number of ketones is 1. The minimum absolute atomic E-state index is 0.00677. The highest BCUT2D eigenvalue weighted by molar-refractivity contribution is 5.98. The highest BCUT2D eigenvalue weighted by atomic mass is 16.5. The van der Waals surface area contributed by atoms with Gasteiger partial charge in [0.15, 0.2) is 12.4 Å². The Kier molecular flexibility index (Phi) is 4.50. The van der Waals surface area contributed by atoms with Crippen LogP contribution in [0.4, 0.5) is 0 Å². The minimum Gasteiger partial charge on any atom is -0.497 e. The molecular weight excluding hydrogens is 348 g/mol. The van der Waals surface area contributed by atoms with E-state index in [9.17, 15) is 14.4 Å². The van der Waals surface area contributed by atoms with E-state index in [1.54, 1.807) is 31.4 Å². The third-order valence-electron chi connectivity index (χ3n) is 6.15. The van der Waals surface area contributed by atoms with E-state index in [0.717, 1.165) is 6.42 Å². The largest absolute Gasteiger partial charge is 0.497 e. The van der Waals surface area contributed by atoms with Gasteiger partial charge in [-0.3, -0.25) is 14.4 Å². The van der Waals surface area contributed by atoms with Crippen LogP contribution in [0.25, 0.3) is 0 Å². The fourth-order valence-electron chi connectivity index (χ4n) is 4.75. The summed E-state index contributed by atoms with van der Waals surface area (Å²) in [5.74, 6) is -0.660. The van der Waals surface area contributed by atoms with Crippen LogP contribution in [-0.2, 0) is 19.1 Å². The van der Waals surface area contributed by atoms with Gasteiger partial charge in [-0.15, -0.1) is 0 Å². The fraction of sp³-hybridized carbons (Fsp3) is 0.476. The van der Waals surface area contributed by atoms with Crippen molar-refractivity contribution in [2.75, 3.05) is 20.8 Å². The highest BCUT2D eigenvalue weighted by Gasteiger charge is 2.63. The van der Waals surface area contributed by atoms with E-state index in [1.165, 1.54) is 7.11 Å². The number of ether oxygens (including phenoxy) is 3. The number of carbonyl (C=O) groups is 3. The lowest BCUT2D eigenvalue weighted by atomic mass is 9.62. The molecule has 0 aliphatic heterocycles. The first-order valence-electron chi connectivity index (χ1n) is 9.15. The molecule has 6 atom stereocenters. The summed E-state index contributed by atoms with van der Waals surface area (Å²) >= 11 is 0.